The molecule has 0 spiro atoms. The van der Waals surface area contributed by atoms with Crippen molar-refractivity contribution in [2.24, 2.45) is 0 Å². The highest BCUT2D eigenvalue weighted by molar-refractivity contribution is 9.10. The van der Waals surface area contributed by atoms with Gasteiger partial charge in [0.2, 0.25) is 0 Å². The first-order valence-electron chi connectivity index (χ1n) is 6.95. The van der Waals surface area contributed by atoms with Gasteiger partial charge >= 0.3 is 5.97 Å². The zero-order valence-electron chi connectivity index (χ0n) is 12.4. The Kier molecular flexibility index (Phi) is 5.70. The van der Waals surface area contributed by atoms with Gasteiger partial charge in [-0.15, -0.1) is 0 Å². The third kappa shape index (κ3) is 4.29. The van der Waals surface area contributed by atoms with Gasteiger partial charge in [0.1, 0.15) is 5.69 Å². The summed E-state index contributed by atoms with van der Waals surface area (Å²) in [6.07, 6.45) is 0. The number of nitro benzene ring substituents is 1. The third-order valence-corrected chi connectivity index (χ3v) is 3.65. The van der Waals surface area contributed by atoms with Gasteiger partial charge in [0, 0.05) is 17.1 Å². The van der Waals surface area contributed by atoms with Gasteiger partial charge in [-0.1, -0.05) is 34.1 Å². The van der Waals surface area contributed by atoms with E-state index in [-0.39, 0.29) is 23.5 Å². The molecule has 0 aliphatic heterocycles. The van der Waals surface area contributed by atoms with Gasteiger partial charge in [0.05, 0.1) is 17.1 Å². The van der Waals surface area contributed by atoms with Crippen LogP contribution in [0.25, 0.3) is 0 Å². The first-order valence-corrected chi connectivity index (χ1v) is 7.75. The van der Waals surface area contributed by atoms with Gasteiger partial charge in [-0.3, -0.25) is 10.1 Å². The van der Waals surface area contributed by atoms with Crippen LogP contribution in [0.15, 0.2) is 46.9 Å². The monoisotopic (exact) mass is 378 g/mol. The maximum atomic E-state index is 12.0. The number of carbonyl (C=O) groups is 1. The largest absolute Gasteiger partial charge is 0.462 e. The van der Waals surface area contributed by atoms with Crippen LogP contribution in [0.5, 0.6) is 0 Å². The van der Waals surface area contributed by atoms with Crippen LogP contribution in [-0.2, 0) is 11.3 Å². The number of halogens is 1. The quantitative estimate of drug-likeness (QED) is 0.463. The highest BCUT2D eigenvalue weighted by Gasteiger charge is 2.22. The summed E-state index contributed by atoms with van der Waals surface area (Å²) in [6.45, 7) is 2.24. The van der Waals surface area contributed by atoms with Crippen LogP contribution in [0, 0.1) is 10.1 Å². The summed E-state index contributed by atoms with van der Waals surface area (Å²) in [5.41, 5.74) is 1.09. The van der Waals surface area contributed by atoms with Crippen molar-refractivity contribution < 1.29 is 14.5 Å². The lowest BCUT2D eigenvalue weighted by Gasteiger charge is -2.12. The van der Waals surface area contributed by atoms with Crippen molar-refractivity contribution in [3.8, 4) is 0 Å². The summed E-state index contributed by atoms with van der Waals surface area (Å²) in [7, 11) is 0. The minimum absolute atomic E-state index is 0.151. The molecule has 0 aromatic heterocycles. The molecule has 0 radical (unpaired) electrons. The maximum Gasteiger partial charge on any atom is 0.340 e. The minimum Gasteiger partial charge on any atom is -0.462 e. The molecule has 0 saturated carbocycles. The predicted octanol–water partition coefficient (Wildman–Crippen LogP) is 4.15. The average Bonchev–Trinajstić information content (AvgIpc) is 2.54. The second kappa shape index (κ2) is 7.73. The van der Waals surface area contributed by atoms with E-state index in [0.29, 0.717) is 6.54 Å². The molecule has 2 aromatic carbocycles. The number of nitro groups is 1. The predicted molar refractivity (Wildman–Crippen MR) is 90.5 cm³/mol. The fraction of sp³-hybridized carbons (Fsp3) is 0.188. The molecule has 0 bridgehead atoms. The molecular formula is C16H15BrN2O4. The van der Waals surface area contributed by atoms with Gasteiger partial charge in [-0.05, 0) is 30.7 Å². The zero-order valence-corrected chi connectivity index (χ0v) is 14.0. The number of ether oxygens (including phenoxy) is 1. The minimum atomic E-state index is -0.588. The highest BCUT2D eigenvalue weighted by Crippen LogP contribution is 2.29. The second-order valence-corrected chi connectivity index (χ2v) is 5.57. The van der Waals surface area contributed by atoms with Crippen LogP contribution >= 0.6 is 15.9 Å². The Hall–Kier alpha value is -2.41. The third-order valence-electron chi connectivity index (χ3n) is 3.12. The molecule has 0 atom stereocenters. The smallest absolute Gasteiger partial charge is 0.340 e. The summed E-state index contributed by atoms with van der Waals surface area (Å²) in [4.78, 5) is 22.7. The van der Waals surface area contributed by atoms with Gasteiger partial charge < -0.3 is 10.1 Å². The Morgan fingerprint density at radius 2 is 1.96 bits per heavy atom. The molecule has 120 valence electrons. The van der Waals surface area contributed by atoms with Crippen molar-refractivity contribution in [2.75, 3.05) is 11.9 Å². The van der Waals surface area contributed by atoms with Crippen LogP contribution in [0.4, 0.5) is 11.4 Å². The molecule has 23 heavy (non-hydrogen) atoms. The molecule has 0 fully saturated rings. The summed E-state index contributed by atoms with van der Waals surface area (Å²) in [6, 6.07) is 11.9. The summed E-state index contributed by atoms with van der Waals surface area (Å²) in [5.74, 6) is -0.588. The zero-order chi connectivity index (χ0) is 16.8. The molecule has 0 heterocycles. The number of nitrogens with one attached hydrogen (secondary N) is 1. The number of rotatable bonds is 6. The highest BCUT2D eigenvalue weighted by atomic mass is 79.9. The van der Waals surface area contributed by atoms with E-state index in [0.717, 1.165) is 10.0 Å². The Balaban J connectivity index is 2.31. The number of carbonyl (C=O) groups excluding carboxylic acids is 1. The van der Waals surface area contributed by atoms with Crippen molar-refractivity contribution in [3.05, 3.63) is 68.2 Å². The fourth-order valence-electron chi connectivity index (χ4n) is 2.05. The number of nitrogens with zero attached hydrogens (tertiary/aromatic N) is 1. The van der Waals surface area contributed by atoms with Crippen molar-refractivity contribution in [1.82, 2.24) is 0 Å². The van der Waals surface area contributed by atoms with E-state index in [1.165, 1.54) is 18.2 Å². The lowest BCUT2D eigenvalue weighted by molar-refractivity contribution is -0.384. The van der Waals surface area contributed by atoms with E-state index < -0.39 is 10.9 Å². The Labute approximate surface area is 141 Å². The van der Waals surface area contributed by atoms with E-state index in [2.05, 4.69) is 21.2 Å². The van der Waals surface area contributed by atoms with Crippen molar-refractivity contribution in [3.63, 3.8) is 0 Å². The second-order valence-electron chi connectivity index (χ2n) is 4.66. The SMILES string of the molecule is CCOC(=O)c1cccc([N+](=O)[O-])c1NCc1ccc(Br)cc1. The number of benzene rings is 2. The van der Waals surface area contributed by atoms with E-state index in [4.69, 9.17) is 4.74 Å². The molecule has 0 amide bonds. The summed E-state index contributed by atoms with van der Waals surface area (Å²) >= 11 is 3.35. The van der Waals surface area contributed by atoms with E-state index >= 15 is 0 Å². The van der Waals surface area contributed by atoms with Crippen LogP contribution in [0.2, 0.25) is 0 Å². The van der Waals surface area contributed by atoms with Crippen LogP contribution in [0.3, 0.4) is 0 Å². The average molecular weight is 379 g/mol. The Morgan fingerprint density at radius 3 is 2.57 bits per heavy atom. The van der Waals surface area contributed by atoms with E-state index in [9.17, 15) is 14.9 Å². The van der Waals surface area contributed by atoms with Gasteiger partial charge in [-0.25, -0.2) is 4.79 Å². The van der Waals surface area contributed by atoms with Crippen molar-refractivity contribution in [1.29, 1.82) is 0 Å². The molecule has 0 unspecified atom stereocenters. The van der Waals surface area contributed by atoms with Crippen LogP contribution in [-0.4, -0.2) is 17.5 Å². The summed E-state index contributed by atoms with van der Waals surface area (Å²) < 4.78 is 5.91. The molecule has 0 saturated heterocycles. The van der Waals surface area contributed by atoms with Crippen molar-refractivity contribution >= 4 is 33.3 Å². The first kappa shape index (κ1) is 17.0. The Morgan fingerprint density at radius 1 is 1.26 bits per heavy atom. The Bertz CT molecular complexity index is 717. The topological polar surface area (TPSA) is 81.5 Å². The molecule has 0 aliphatic rings. The molecule has 0 aliphatic carbocycles. The van der Waals surface area contributed by atoms with Crippen LogP contribution < -0.4 is 5.32 Å². The molecule has 1 N–H and O–H groups in total. The number of hydrogen-bond acceptors (Lipinski definition) is 5. The molecular weight excluding hydrogens is 364 g/mol. The van der Waals surface area contributed by atoms with Crippen molar-refractivity contribution in [2.45, 2.75) is 13.5 Å². The van der Waals surface area contributed by atoms with Crippen LogP contribution in [0.1, 0.15) is 22.8 Å². The first-order chi connectivity index (χ1) is 11.0. The molecule has 2 rings (SSSR count). The number of para-hydroxylation sites is 1. The molecule has 7 heteroatoms. The summed E-state index contributed by atoms with van der Waals surface area (Å²) in [5, 5.41) is 14.2. The molecule has 2 aromatic rings. The fourth-order valence-corrected chi connectivity index (χ4v) is 2.31. The number of hydrogen-bond donors (Lipinski definition) is 1. The van der Waals surface area contributed by atoms with Gasteiger partial charge in [0.25, 0.3) is 5.69 Å². The van der Waals surface area contributed by atoms with Gasteiger partial charge in [-0.2, -0.15) is 0 Å². The maximum absolute atomic E-state index is 12.0. The number of esters is 1. The lowest BCUT2D eigenvalue weighted by Crippen LogP contribution is -2.11. The number of anilines is 1. The van der Waals surface area contributed by atoms with E-state index in [1.807, 2.05) is 24.3 Å². The molecule has 6 nitrogen and oxygen atoms in total. The normalized spacial score (nSPS) is 10.2. The van der Waals surface area contributed by atoms with Gasteiger partial charge in [0.15, 0.2) is 0 Å². The standard InChI is InChI=1S/C16H15BrN2O4/c1-2-23-16(20)13-4-3-5-14(19(21)22)15(13)18-10-11-6-8-12(17)9-7-11/h3-9,18H,2,10H2,1H3. The lowest BCUT2D eigenvalue weighted by atomic mass is 10.1. The van der Waals surface area contributed by atoms with E-state index in [1.54, 1.807) is 6.92 Å².